The summed E-state index contributed by atoms with van der Waals surface area (Å²) in [5.74, 6) is 0. The van der Waals surface area contributed by atoms with E-state index < -0.39 is 20.8 Å². The monoisotopic (exact) mass is 864 g/mol. The van der Waals surface area contributed by atoms with Crippen LogP contribution in [0.3, 0.4) is 0 Å². The van der Waals surface area contributed by atoms with Gasteiger partial charge in [0.2, 0.25) is 0 Å². The van der Waals surface area contributed by atoms with Gasteiger partial charge >= 0.3 is 37.9 Å². The quantitative estimate of drug-likeness (QED) is 0.105. The van der Waals surface area contributed by atoms with Crippen LogP contribution < -0.4 is 0 Å². The second-order valence-corrected chi connectivity index (χ2v) is 18.5. The Morgan fingerprint density at radius 3 is 1.12 bits per heavy atom. The molecule has 0 heterocycles. The maximum atomic E-state index is 4.93. The summed E-state index contributed by atoms with van der Waals surface area (Å²) >= 11 is -0.826. The van der Waals surface area contributed by atoms with E-state index in [4.69, 9.17) is 17.0 Å². The van der Waals surface area contributed by atoms with E-state index in [0.717, 1.165) is 35.2 Å². The Morgan fingerprint density at radius 2 is 0.786 bits per heavy atom. The Bertz CT molecular complexity index is 2230. The summed E-state index contributed by atoms with van der Waals surface area (Å²) in [6.07, 6.45) is 4.23. The molecule has 8 aromatic carbocycles. The van der Waals surface area contributed by atoms with Crippen molar-refractivity contribution in [1.29, 1.82) is 0 Å². The van der Waals surface area contributed by atoms with Gasteiger partial charge in [0.15, 0.2) is 0 Å². The molecule has 56 heavy (non-hydrogen) atoms. The van der Waals surface area contributed by atoms with Crippen LogP contribution in [0.4, 0.5) is 0 Å². The van der Waals surface area contributed by atoms with Crippen LogP contribution in [-0.4, -0.2) is 9.52 Å². The van der Waals surface area contributed by atoms with E-state index in [2.05, 4.69) is 199 Å². The first-order valence-corrected chi connectivity index (χ1v) is 28.1. The summed E-state index contributed by atoms with van der Waals surface area (Å²) in [5, 5.41) is 5.44. The summed E-state index contributed by atoms with van der Waals surface area (Å²) in [6, 6.07) is 57.7. The summed E-state index contributed by atoms with van der Waals surface area (Å²) in [7, 11) is 11.0. The van der Waals surface area contributed by atoms with Gasteiger partial charge in [-0.05, 0) is 70.2 Å². The van der Waals surface area contributed by atoms with E-state index in [1.807, 2.05) is 0 Å². The summed E-state index contributed by atoms with van der Waals surface area (Å²) in [6.45, 7) is 13.2. The number of rotatable bonds is 8. The number of hydrogen-bond acceptors (Lipinski definition) is 0. The van der Waals surface area contributed by atoms with Gasteiger partial charge in [0.1, 0.15) is 0 Å². The van der Waals surface area contributed by atoms with Gasteiger partial charge in [-0.2, -0.15) is 12.1 Å². The molecule has 8 rings (SSSR count). The number of aryl methyl sites for hydroxylation is 4. The molecule has 0 spiro atoms. The predicted molar refractivity (Wildman–Crippen MR) is 248 cm³/mol. The van der Waals surface area contributed by atoms with Crippen molar-refractivity contribution in [3.05, 3.63) is 180 Å². The van der Waals surface area contributed by atoms with Crippen LogP contribution >= 0.6 is 17.0 Å². The van der Waals surface area contributed by atoms with Gasteiger partial charge in [0.05, 0.1) is 0 Å². The second kappa shape index (κ2) is 22.2. The first-order valence-electron chi connectivity index (χ1n) is 19.7. The van der Waals surface area contributed by atoms with Crippen LogP contribution in [0.1, 0.15) is 49.9 Å². The van der Waals surface area contributed by atoms with E-state index in [1.165, 1.54) is 88.3 Å². The van der Waals surface area contributed by atoms with E-state index in [1.54, 1.807) is 0 Å². The topological polar surface area (TPSA) is 0 Å². The molecule has 2 radical (unpaired) electrons. The molecule has 0 atom stereocenters. The summed E-state index contributed by atoms with van der Waals surface area (Å²) in [5.41, 5.74) is 16.3. The third kappa shape index (κ3) is 10.4. The second-order valence-electron chi connectivity index (χ2n) is 13.7. The van der Waals surface area contributed by atoms with E-state index in [-0.39, 0.29) is 0 Å². The molecule has 0 fully saturated rings. The fourth-order valence-electron chi connectivity index (χ4n) is 7.54. The zero-order valence-electron chi connectivity index (χ0n) is 33.6. The molecule has 0 aliphatic rings. The molecular weight excluding hydrogens is 815 g/mol. The van der Waals surface area contributed by atoms with Crippen molar-refractivity contribution in [1.82, 2.24) is 0 Å². The standard InChI is InChI=1S/2C25H23.C2H6Si.2ClH.Zr/c2*1-3-18-16-21-14-15-23(20-11-6-5-7-12-20)25(24(21)17-18)22-13-9-8-10-19(22)4-2;1-3-2;;;/h2*5-17H,3-4H2,1-2H3;1-2H3;2*1H;/q2*-1;;;;+4/p-2. The van der Waals surface area contributed by atoms with Crippen molar-refractivity contribution < 1.29 is 20.8 Å². The minimum absolute atomic E-state index is 0.826. The molecule has 0 amide bonds. The Kier molecular flexibility index (Phi) is 17.2. The molecule has 282 valence electrons. The third-order valence-electron chi connectivity index (χ3n) is 10.2. The van der Waals surface area contributed by atoms with Crippen LogP contribution in [0.15, 0.2) is 158 Å². The van der Waals surface area contributed by atoms with Gasteiger partial charge in [-0.1, -0.05) is 173 Å². The molecule has 8 aromatic rings. The van der Waals surface area contributed by atoms with Crippen molar-refractivity contribution in [2.45, 2.75) is 66.5 Å². The molecule has 0 N–H and O–H groups in total. The molecule has 0 unspecified atom stereocenters. The zero-order chi connectivity index (χ0) is 39.9. The van der Waals surface area contributed by atoms with Crippen LogP contribution in [0.5, 0.6) is 0 Å². The fourth-order valence-corrected chi connectivity index (χ4v) is 7.54. The van der Waals surface area contributed by atoms with Gasteiger partial charge in [-0.3, -0.25) is 0 Å². The number of fused-ring (bicyclic) bond motifs is 2. The first-order chi connectivity index (χ1) is 27.5. The molecule has 0 aliphatic heterocycles. The maximum absolute atomic E-state index is 4.93. The molecule has 0 bridgehead atoms. The molecule has 0 nitrogen and oxygen atoms in total. The SMILES string of the molecule is CCc1cc2c(-c3ccccc3CC)c(-c3ccccc3)ccc2[cH-]1.CCc1cc2c(-c3ccccc3CC)c(-c3ccccc3)ccc2[cH-]1.C[Si]C.[Cl][Zr+2][Cl]. The molecule has 0 aliphatic carbocycles. The molecule has 0 aromatic heterocycles. The van der Waals surface area contributed by atoms with Crippen molar-refractivity contribution >= 4 is 48.1 Å². The zero-order valence-corrected chi connectivity index (χ0v) is 38.6. The van der Waals surface area contributed by atoms with Crippen LogP contribution in [-0.2, 0) is 46.5 Å². The Hall–Kier alpha value is -3.78. The van der Waals surface area contributed by atoms with Gasteiger partial charge in [0, 0.05) is 9.52 Å². The van der Waals surface area contributed by atoms with Gasteiger partial charge < -0.3 is 0 Å². The van der Waals surface area contributed by atoms with Gasteiger partial charge in [0.25, 0.3) is 0 Å². The normalized spacial score (nSPS) is 10.4. The molecule has 0 saturated carbocycles. The van der Waals surface area contributed by atoms with Crippen LogP contribution in [0.25, 0.3) is 66.1 Å². The Morgan fingerprint density at radius 1 is 0.446 bits per heavy atom. The third-order valence-corrected chi connectivity index (χ3v) is 10.2. The van der Waals surface area contributed by atoms with E-state index in [9.17, 15) is 0 Å². The fraction of sp³-hybridized carbons (Fsp3) is 0.192. The summed E-state index contributed by atoms with van der Waals surface area (Å²) in [4.78, 5) is 0. The van der Waals surface area contributed by atoms with Gasteiger partial charge in [-0.15, -0.1) is 56.9 Å². The van der Waals surface area contributed by atoms with E-state index in [0.29, 0.717) is 0 Å². The average Bonchev–Trinajstić information content (AvgIpc) is 3.89. The molecular formula is C52H52Cl2SiZr. The molecule has 0 saturated heterocycles. The van der Waals surface area contributed by atoms with Gasteiger partial charge in [-0.25, -0.2) is 0 Å². The average molecular weight is 867 g/mol. The van der Waals surface area contributed by atoms with Crippen LogP contribution in [0.2, 0.25) is 13.1 Å². The summed E-state index contributed by atoms with van der Waals surface area (Å²) < 4.78 is 0. The van der Waals surface area contributed by atoms with Crippen molar-refractivity contribution in [3.8, 4) is 44.5 Å². The van der Waals surface area contributed by atoms with E-state index >= 15 is 0 Å². The van der Waals surface area contributed by atoms with Crippen molar-refractivity contribution in [2.24, 2.45) is 0 Å². The van der Waals surface area contributed by atoms with Crippen molar-refractivity contribution in [2.75, 3.05) is 0 Å². The number of halogens is 2. The first kappa shape index (κ1) is 43.3. The minimum atomic E-state index is -0.826. The predicted octanol–water partition coefficient (Wildman–Crippen LogP) is 16.2. The van der Waals surface area contributed by atoms with Crippen LogP contribution in [0, 0.1) is 0 Å². The number of benzene rings is 6. The number of hydrogen-bond donors (Lipinski definition) is 0. The van der Waals surface area contributed by atoms with Crippen molar-refractivity contribution in [3.63, 3.8) is 0 Å². The Labute approximate surface area is 357 Å². The Balaban J connectivity index is 0.000000188. The molecule has 4 heteroatoms.